The van der Waals surface area contributed by atoms with E-state index in [9.17, 15) is 0 Å². The summed E-state index contributed by atoms with van der Waals surface area (Å²) >= 11 is 0. The monoisotopic (exact) mass is 226 g/mol. The van der Waals surface area contributed by atoms with E-state index in [0.29, 0.717) is 5.92 Å². The lowest BCUT2D eigenvalue weighted by molar-refractivity contribution is 0.792. The predicted molar refractivity (Wildman–Crippen MR) is 72.7 cm³/mol. The van der Waals surface area contributed by atoms with E-state index in [1.807, 2.05) is 0 Å². The van der Waals surface area contributed by atoms with Crippen molar-refractivity contribution in [1.29, 1.82) is 0 Å². The van der Waals surface area contributed by atoms with E-state index in [1.54, 1.807) is 0 Å². The molecule has 0 N–H and O–H groups in total. The Bertz CT molecular complexity index is 698. The maximum atomic E-state index is 2.35. The number of aryl methyl sites for hydroxylation is 1. The van der Waals surface area contributed by atoms with Gasteiger partial charge < -0.3 is 8.97 Å². The summed E-state index contributed by atoms with van der Waals surface area (Å²) in [5.74, 6) is 0.542. The van der Waals surface area contributed by atoms with E-state index >= 15 is 0 Å². The van der Waals surface area contributed by atoms with Crippen LogP contribution in [-0.4, -0.2) is 8.97 Å². The fourth-order valence-corrected chi connectivity index (χ4v) is 2.87. The molecule has 0 radical (unpaired) electrons. The number of aromatic nitrogens is 2. The van der Waals surface area contributed by atoms with Gasteiger partial charge in [0.2, 0.25) is 0 Å². The third-order valence-electron chi connectivity index (χ3n) is 3.70. The highest BCUT2D eigenvalue weighted by Gasteiger charge is 2.16. The molecule has 3 aromatic rings. The second-order valence-corrected chi connectivity index (χ2v) is 5.09. The van der Waals surface area contributed by atoms with Crippen molar-refractivity contribution >= 4 is 16.4 Å². The molecule has 2 nitrogen and oxygen atoms in total. The van der Waals surface area contributed by atoms with Crippen LogP contribution in [0.2, 0.25) is 0 Å². The minimum absolute atomic E-state index is 0.542. The van der Waals surface area contributed by atoms with Crippen LogP contribution in [0.3, 0.4) is 0 Å². The van der Waals surface area contributed by atoms with Gasteiger partial charge in [0.15, 0.2) is 0 Å². The molecule has 2 heteroatoms. The van der Waals surface area contributed by atoms with Gasteiger partial charge in [0.1, 0.15) is 5.65 Å². The molecule has 0 aliphatic heterocycles. The second-order valence-electron chi connectivity index (χ2n) is 5.09. The molecular weight excluding hydrogens is 208 g/mol. The summed E-state index contributed by atoms with van der Waals surface area (Å²) in [5, 5.41) is 2.66. The molecule has 0 aliphatic carbocycles. The van der Waals surface area contributed by atoms with Gasteiger partial charge >= 0.3 is 0 Å². The largest absolute Gasteiger partial charge is 0.332 e. The molecule has 0 spiro atoms. The molecule has 0 unspecified atom stereocenters. The van der Waals surface area contributed by atoms with Gasteiger partial charge in [0, 0.05) is 35.4 Å². The summed E-state index contributed by atoms with van der Waals surface area (Å²) < 4.78 is 4.66. The van der Waals surface area contributed by atoms with Crippen molar-refractivity contribution in [2.24, 2.45) is 7.05 Å². The Kier molecular flexibility index (Phi) is 2.09. The molecule has 0 amide bonds. The van der Waals surface area contributed by atoms with E-state index in [-0.39, 0.29) is 0 Å². The first-order valence-electron chi connectivity index (χ1n) is 6.16. The topological polar surface area (TPSA) is 9.34 Å². The highest BCUT2D eigenvalue weighted by molar-refractivity contribution is 5.96. The van der Waals surface area contributed by atoms with Crippen LogP contribution in [-0.2, 0) is 7.05 Å². The average Bonchev–Trinajstić information content (AvgIpc) is 2.76. The van der Waals surface area contributed by atoms with Crippen LogP contribution in [0, 0.1) is 6.92 Å². The summed E-state index contributed by atoms with van der Waals surface area (Å²) in [6.07, 6.45) is 2.26. The average molecular weight is 226 g/mol. The lowest BCUT2D eigenvalue weighted by Crippen LogP contribution is -1.96. The van der Waals surface area contributed by atoms with E-state index in [2.05, 4.69) is 67.2 Å². The third-order valence-corrected chi connectivity index (χ3v) is 3.70. The van der Waals surface area contributed by atoms with Crippen molar-refractivity contribution in [2.45, 2.75) is 26.7 Å². The minimum atomic E-state index is 0.542. The van der Waals surface area contributed by atoms with Gasteiger partial charge in [0.05, 0.1) is 0 Å². The van der Waals surface area contributed by atoms with E-state index in [0.717, 1.165) is 0 Å². The molecule has 3 rings (SSSR count). The number of fused-ring (bicyclic) bond motifs is 3. The van der Waals surface area contributed by atoms with Crippen LogP contribution in [0.1, 0.15) is 31.2 Å². The number of imidazole rings is 1. The SMILES string of the molecule is Cc1c(C(C)C)n2cc3ccccc3c2n1C. The number of nitrogens with zero attached hydrogens (tertiary/aromatic N) is 2. The molecule has 0 atom stereocenters. The quantitative estimate of drug-likeness (QED) is 0.596. The van der Waals surface area contributed by atoms with Gasteiger partial charge in [-0.2, -0.15) is 0 Å². The van der Waals surface area contributed by atoms with Gasteiger partial charge in [-0.05, 0) is 12.8 Å². The molecule has 17 heavy (non-hydrogen) atoms. The van der Waals surface area contributed by atoms with Crippen LogP contribution in [0.4, 0.5) is 0 Å². The summed E-state index contributed by atoms with van der Waals surface area (Å²) in [4.78, 5) is 0. The van der Waals surface area contributed by atoms with Crippen LogP contribution in [0.5, 0.6) is 0 Å². The van der Waals surface area contributed by atoms with Crippen LogP contribution < -0.4 is 0 Å². The van der Waals surface area contributed by atoms with Gasteiger partial charge in [-0.15, -0.1) is 0 Å². The summed E-state index contributed by atoms with van der Waals surface area (Å²) in [6, 6.07) is 8.60. The van der Waals surface area contributed by atoms with Crippen LogP contribution >= 0.6 is 0 Å². The van der Waals surface area contributed by atoms with Crippen molar-refractivity contribution < 1.29 is 0 Å². The Morgan fingerprint density at radius 3 is 2.53 bits per heavy atom. The molecule has 0 saturated carbocycles. The van der Waals surface area contributed by atoms with Crippen molar-refractivity contribution in [1.82, 2.24) is 8.97 Å². The van der Waals surface area contributed by atoms with E-state index in [4.69, 9.17) is 0 Å². The lowest BCUT2D eigenvalue weighted by atomic mass is 10.1. The summed E-state index contributed by atoms with van der Waals surface area (Å²) in [6.45, 7) is 6.72. The zero-order chi connectivity index (χ0) is 12.2. The van der Waals surface area contributed by atoms with E-state index in [1.165, 1.54) is 27.8 Å². The first-order valence-corrected chi connectivity index (χ1v) is 6.16. The van der Waals surface area contributed by atoms with Crippen LogP contribution in [0.15, 0.2) is 30.5 Å². The number of hydrogen-bond donors (Lipinski definition) is 0. The fraction of sp³-hybridized carbons (Fsp3) is 0.333. The minimum Gasteiger partial charge on any atom is -0.332 e. The second kappa shape index (κ2) is 3.39. The van der Waals surface area contributed by atoms with Gasteiger partial charge in [0.25, 0.3) is 0 Å². The molecular formula is C15H18N2. The van der Waals surface area contributed by atoms with Crippen LogP contribution in [0.25, 0.3) is 16.4 Å². The van der Waals surface area contributed by atoms with Crippen molar-refractivity contribution in [3.63, 3.8) is 0 Å². The van der Waals surface area contributed by atoms with Crippen molar-refractivity contribution in [3.8, 4) is 0 Å². The van der Waals surface area contributed by atoms with Gasteiger partial charge in [-0.25, -0.2) is 0 Å². The highest BCUT2D eigenvalue weighted by atomic mass is 15.1. The molecule has 1 aromatic carbocycles. The lowest BCUT2D eigenvalue weighted by Gasteiger charge is -2.05. The maximum Gasteiger partial charge on any atom is 0.125 e. The first-order chi connectivity index (χ1) is 8.11. The molecule has 2 heterocycles. The Balaban J connectivity index is 2.55. The van der Waals surface area contributed by atoms with E-state index < -0.39 is 0 Å². The fourth-order valence-electron chi connectivity index (χ4n) is 2.87. The maximum absolute atomic E-state index is 2.35. The van der Waals surface area contributed by atoms with Gasteiger partial charge in [-0.3, -0.25) is 0 Å². The molecule has 88 valence electrons. The zero-order valence-electron chi connectivity index (χ0n) is 10.9. The molecule has 0 aliphatic rings. The molecule has 2 aromatic heterocycles. The number of hydrogen-bond acceptors (Lipinski definition) is 0. The Morgan fingerprint density at radius 1 is 1.12 bits per heavy atom. The molecule has 0 saturated heterocycles. The van der Waals surface area contributed by atoms with Gasteiger partial charge in [-0.1, -0.05) is 38.1 Å². The summed E-state index contributed by atoms with van der Waals surface area (Å²) in [7, 11) is 2.16. The smallest absolute Gasteiger partial charge is 0.125 e. The van der Waals surface area contributed by atoms with Crippen molar-refractivity contribution in [2.75, 3.05) is 0 Å². The standard InChI is InChI=1S/C15H18N2/c1-10(2)14-11(3)16(4)15-13-8-6-5-7-12(13)9-17(14)15/h5-10H,1-4H3. The molecule has 0 fully saturated rings. The zero-order valence-corrected chi connectivity index (χ0v) is 10.9. The number of rotatable bonds is 1. The van der Waals surface area contributed by atoms with Crippen molar-refractivity contribution in [3.05, 3.63) is 41.9 Å². The Morgan fingerprint density at radius 2 is 1.82 bits per heavy atom. The Hall–Kier alpha value is -1.70. The molecule has 0 bridgehead atoms. The Labute approximate surface area is 101 Å². The number of benzene rings is 1. The first kappa shape index (κ1) is 10.5. The third kappa shape index (κ3) is 1.27. The predicted octanol–water partition coefficient (Wildman–Crippen LogP) is 3.86. The highest BCUT2D eigenvalue weighted by Crippen LogP contribution is 2.29. The summed E-state index contributed by atoms with van der Waals surface area (Å²) in [5.41, 5.74) is 4.08. The normalized spacial score (nSPS) is 12.1.